The van der Waals surface area contributed by atoms with Crippen molar-refractivity contribution in [3.63, 3.8) is 0 Å². The highest BCUT2D eigenvalue weighted by molar-refractivity contribution is 7.11. The summed E-state index contributed by atoms with van der Waals surface area (Å²) in [7, 11) is 1.42. The van der Waals surface area contributed by atoms with E-state index in [4.69, 9.17) is 5.11 Å². The Balaban J connectivity index is 2.40. The summed E-state index contributed by atoms with van der Waals surface area (Å²) in [6.07, 6.45) is 1.23. The van der Waals surface area contributed by atoms with Crippen molar-refractivity contribution in [1.29, 1.82) is 0 Å². The molecular weight excluding hydrogens is 272 g/mol. The molecule has 3 N–H and O–H groups in total. The average Bonchev–Trinajstić information content (AvgIpc) is 2.93. The third-order valence-corrected chi connectivity index (χ3v) is 3.51. The number of hydrogen-bond donors (Lipinski definition) is 3. The van der Waals surface area contributed by atoms with E-state index >= 15 is 0 Å². The molecule has 2 aromatic heterocycles. The molecule has 0 atom stereocenters. The van der Waals surface area contributed by atoms with Gasteiger partial charge in [-0.15, -0.1) is 0 Å². The number of carbonyl (C=O) groups excluding carboxylic acids is 1. The van der Waals surface area contributed by atoms with Crippen molar-refractivity contribution < 1.29 is 14.7 Å². The summed E-state index contributed by atoms with van der Waals surface area (Å²) >= 11 is 0.914. The first-order valence-corrected chi connectivity index (χ1v) is 5.94. The number of nitrogens with zero attached hydrogens (tertiary/aromatic N) is 2. The first-order valence-electron chi connectivity index (χ1n) is 5.17. The van der Waals surface area contributed by atoms with Gasteiger partial charge < -0.3 is 15.1 Å². The second-order valence-corrected chi connectivity index (χ2v) is 4.53. The lowest BCUT2D eigenvalue weighted by Gasteiger charge is -2.14. The summed E-state index contributed by atoms with van der Waals surface area (Å²) < 4.78 is 3.93. The molecule has 0 aliphatic carbocycles. The lowest BCUT2D eigenvalue weighted by molar-refractivity contribution is 0.0697. The van der Waals surface area contributed by atoms with Crippen LogP contribution in [0.2, 0.25) is 0 Å². The Hall–Kier alpha value is -2.42. The zero-order valence-electron chi connectivity index (χ0n) is 10.1. The molecule has 0 fully saturated rings. The maximum Gasteiger partial charge on any atom is 0.340 e. The van der Waals surface area contributed by atoms with Crippen LogP contribution in [0.4, 0.5) is 5.00 Å². The van der Waals surface area contributed by atoms with Crippen LogP contribution in [-0.2, 0) is 0 Å². The van der Waals surface area contributed by atoms with Crippen molar-refractivity contribution in [2.45, 2.75) is 6.92 Å². The topological polar surface area (TPSA) is 119 Å². The van der Waals surface area contributed by atoms with E-state index in [1.54, 1.807) is 6.92 Å². The summed E-state index contributed by atoms with van der Waals surface area (Å²) in [4.78, 5) is 39.9. The molecule has 8 nitrogen and oxygen atoms in total. The Morgan fingerprint density at radius 3 is 2.68 bits per heavy atom. The second-order valence-electron chi connectivity index (χ2n) is 3.77. The molecule has 9 heteroatoms. The van der Waals surface area contributed by atoms with Gasteiger partial charge in [0.25, 0.3) is 5.91 Å². The van der Waals surface area contributed by atoms with Crippen LogP contribution >= 0.6 is 11.5 Å². The van der Waals surface area contributed by atoms with E-state index in [0.717, 1.165) is 16.4 Å². The van der Waals surface area contributed by atoms with Crippen LogP contribution in [0.5, 0.6) is 0 Å². The third kappa shape index (κ3) is 2.27. The van der Waals surface area contributed by atoms with Gasteiger partial charge in [-0.2, -0.15) is 4.37 Å². The predicted molar refractivity (Wildman–Crippen MR) is 68.0 cm³/mol. The van der Waals surface area contributed by atoms with Crippen LogP contribution < -0.4 is 10.6 Å². The van der Waals surface area contributed by atoms with Gasteiger partial charge in [-0.3, -0.25) is 9.69 Å². The predicted octanol–water partition coefficient (Wildman–Crippen LogP) is 0.443. The third-order valence-electron chi connectivity index (χ3n) is 2.49. The van der Waals surface area contributed by atoms with Gasteiger partial charge in [-0.25, -0.2) is 9.59 Å². The lowest BCUT2D eigenvalue weighted by Crippen LogP contribution is -2.27. The largest absolute Gasteiger partial charge is 0.478 e. The molecule has 100 valence electrons. The minimum Gasteiger partial charge on any atom is -0.478 e. The Kier molecular flexibility index (Phi) is 3.21. The molecule has 0 saturated heterocycles. The molecule has 0 unspecified atom stereocenters. The highest BCUT2D eigenvalue weighted by Gasteiger charge is 2.25. The summed E-state index contributed by atoms with van der Waals surface area (Å²) in [5.74, 6) is -1.67. The van der Waals surface area contributed by atoms with Gasteiger partial charge >= 0.3 is 11.7 Å². The number of aromatic nitrogens is 3. The Morgan fingerprint density at radius 1 is 1.47 bits per heavy atom. The number of amides is 1. The molecule has 0 aliphatic heterocycles. The minimum atomic E-state index is -1.15. The molecule has 0 spiro atoms. The number of rotatable bonds is 3. The number of hydrogen-bond acceptors (Lipinski definition) is 5. The molecule has 0 aromatic carbocycles. The van der Waals surface area contributed by atoms with Gasteiger partial charge in [0.1, 0.15) is 16.3 Å². The highest BCUT2D eigenvalue weighted by Crippen LogP contribution is 2.28. The second kappa shape index (κ2) is 4.69. The SMILES string of the molecule is Cc1nsc(N(C)C(=O)c2c[nH]c(=O)[nH]2)c1C(=O)O. The number of carbonyl (C=O) groups is 2. The number of H-pyrrole nitrogens is 2. The van der Waals surface area contributed by atoms with Crippen LogP contribution in [0, 0.1) is 6.92 Å². The molecule has 1 amide bonds. The first kappa shape index (κ1) is 13.0. The van der Waals surface area contributed by atoms with Crippen molar-refractivity contribution in [2.24, 2.45) is 0 Å². The standard InChI is InChI=1S/C10H10N4O4S/c1-4-6(9(16)17)8(19-13-4)14(2)7(15)5-3-11-10(18)12-5/h3H,1-2H3,(H,16,17)(H2,11,12,18). The number of aromatic amines is 2. The number of carboxylic acid groups (broad SMARTS) is 1. The number of carboxylic acids is 1. The van der Waals surface area contributed by atoms with Crippen LogP contribution in [0.1, 0.15) is 26.5 Å². The van der Waals surface area contributed by atoms with Gasteiger partial charge in [0.05, 0.1) is 5.69 Å². The van der Waals surface area contributed by atoms with Gasteiger partial charge in [-0.1, -0.05) is 0 Å². The Labute approximate surface area is 110 Å². The van der Waals surface area contributed by atoms with Gasteiger partial charge in [0, 0.05) is 13.2 Å². The molecule has 2 rings (SSSR count). The summed E-state index contributed by atoms with van der Waals surface area (Å²) in [6.45, 7) is 1.56. The van der Waals surface area contributed by atoms with Crippen LogP contribution in [-0.4, -0.2) is 38.4 Å². The van der Waals surface area contributed by atoms with Crippen molar-refractivity contribution in [3.8, 4) is 0 Å². The van der Waals surface area contributed by atoms with Crippen molar-refractivity contribution >= 4 is 28.4 Å². The van der Waals surface area contributed by atoms with E-state index in [1.165, 1.54) is 13.2 Å². The minimum absolute atomic E-state index is 0.0151. The fourth-order valence-corrected chi connectivity index (χ4v) is 2.40. The number of imidazole rings is 1. The number of aryl methyl sites for hydroxylation is 1. The van der Waals surface area contributed by atoms with Crippen LogP contribution in [0.25, 0.3) is 0 Å². The Bertz CT molecular complexity index is 698. The molecule has 0 saturated carbocycles. The van der Waals surface area contributed by atoms with Gasteiger partial charge in [-0.05, 0) is 18.5 Å². The molecular formula is C10H10N4O4S. The van der Waals surface area contributed by atoms with E-state index in [0.29, 0.717) is 5.69 Å². The van der Waals surface area contributed by atoms with E-state index in [9.17, 15) is 14.4 Å². The fraction of sp³-hybridized carbons (Fsp3) is 0.200. The van der Waals surface area contributed by atoms with Crippen molar-refractivity contribution in [1.82, 2.24) is 14.3 Å². The zero-order chi connectivity index (χ0) is 14.2. The number of aromatic carboxylic acids is 1. The lowest BCUT2D eigenvalue weighted by atomic mass is 10.2. The highest BCUT2D eigenvalue weighted by atomic mass is 32.1. The van der Waals surface area contributed by atoms with Crippen LogP contribution in [0.3, 0.4) is 0 Å². The van der Waals surface area contributed by atoms with Gasteiger partial charge in [0.15, 0.2) is 0 Å². The molecule has 2 aromatic rings. The molecule has 0 bridgehead atoms. The normalized spacial score (nSPS) is 10.4. The Morgan fingerprint density at radius 2 is 2.16 bits per heavy atom. The molecule has 0 radical (unpaired) electrons. The van der Waals surface area contributed by atoms with E-state index in [2.05, 4.69) is 14.3 Å². The van der Waals surface area contributed by atoms with Crippen molar-refractivity contribution in [3.05, 3.63) is 33.6 Å². The first-order chi connectivity index (χ1) is 8.91. The quantitative estimate of drug-likeness (QED) is 0.754. The zero-order valence-corrected chi connectivity index (χ0v) is 10.9. The van der Waals surface area contributed by atoms with E-state index in [1.807, 2.05) is 0 Å². The number of nitrogens with one attached hydrogen (secondary N) is 2. The van der Waals surface area contributed by atoms with Crippen LogP contribution in [0.15, 0.2) is 11.0 Å². The summed E-state index contributed by atoms with van der Waals surface area (Å²) in [5.41, 5.74) is -0.126. The maximum atomic E-state index is 12.1. The monoisotopic (exact) mass is 282 g/mol. The molecule has 0 aliphatic rings. The van der Waals surface area contributed by atoms with Crippen molar-refractivity contribution in [2.75, 3.05) is 11.9 Å². The van der Waals surface area contributed by atoms with E-state index < -0.39 is 17.6 Å². The molecule has 19 heavy (non-hydrogen) atoms. The summed E-state index contributed by atoms with van der Waals surface area (Å²) in [5, 5.41) is 9.32. The summed E-state index contributed by atoms with van der Waals surface area (Å²) in [6, 6.07) is 0. The maximum absolute atomic E-state index is 12.1. The number of anilines is 1. The fourth-order valence-electron chi connectivity index (χ4n) is 1.55. The molecule has 2 heterocycles. The van der Waals surface area contributed by atoms with E-state index in [-0.39, 0.29) is 16.3 Å². The smallest absolute Gasteiger partial charge is 0.340 e. The van der Waals surface area contributed by atoms with Gasteiger partial charge in [0.2, 0.25) is 0 Å². The average molecular weight is 282 g/mol.